The molecule has 0 bridgehead atoms. The maximum Gasteiger partial charge on any atom is 0.243 e. The van der Waals surface area contributed by atoms with E-state index < -0.39 is 10.0 Å². The smallest absolute Gasteiger partial charge is 0.207 e. The van der Waals surface area contributed by atoms with Gasteiger partial charge in [-0.2, -0.15) is 4.31 Å². The molecule has 5 heteroatoms. The Morgan fingerprint density at radius 3 is 2.47 bits per heavy atom. The van der Waals surface area contributed by atoms with Crippen molar-refractivity contribution in [3.8, 4) is 0 Å². The summed E-state index contributed by atoms with van der Waals surface area (Å²) in [5, 5.41) is 0. The van der Waals surface area contributed by atoms with Gasteiger partial charge in [0.2, 0.25) is 10.0 Å². The summed E-state index contributed by atoms with van der Waals surface area (Å²) in [5.74, 6) is 0. The van der Waals surface area contributed by atoms with E-state index in [1.807, 2.05) is 6.92 Å². The highest BCUT2D eigenvalue weighted by atomic mass is 79.9. The van der Waals surface area contributed by atoms with Gasteiger partial charge in [0, 0.05) is 17.1 Å². The minimum absolute atomic E-state index is 0.207. The molecule has 1 fully saturated rings. The molecule has 82 valence electrons. The minimum Gasteiger partial charge on any atom is -0.207 e. The topological polar surface area (TPSA) is 37.1 Å². The standard InChI is InChI=1S/C10H12BrNO2S/c1-2-9-7-12(9)15(13,14)10-5-3-8(11)4-6-10/h3-6,9H,2,7H2,1H3. The first kappa shape index (κ1) is 11.1. The van der Waals surface area contributed by atoms with Crippen LogP contribution >= 0.6 is 15.9 Å². The number of hydrogen-bond donors (Lipinski definition) is 0. The van der Waals surface area contributed by atoms with Gasteiger partial charge in [0.15, 0.2) is 0 Å². The lowest BCUT2D eigenvalue weighted by molar-refractivity contribution is 0.550. The van der Waals surface area contributed by atoms with Gasteiger partial charge in [-0.1, -0.05) is 22.9 Å². The zero-order valence-corrected chi connectivity index (χ0v) is 10.8. The first-order valence-corrected chi connectivity index (χ1v) is 7.06. The van der Waals surface area contributed by atoms with Crippen molar-refractivity contribution in [2.75, 3.05) is 6.54 Å². The highest BCUT2D eigenvalue weighted by molar-refractivity contribution is 9.10. The van der Waals surface area contributed by atoms with E-state index in [1.165, 1.54) is 4.31 Å². The van der Waals surface area contributed by atoms with Crippen molar-refractivity contribution < 1.29 is 8.42 Å². The number of benzene rings is 1. The van der Waals surface area contributed by atoms with Crippen LogP contribution in [-0.2, 0) is 10.0 Å². The second-order valence-corrected chi connectivity index (χ2v) is 6.40. The van der Waals surface area contributed by atoms with E-state index in [-0.39, 0.29) is 6.04 Å². The number of rotatable bonds is 3. The van der Waals surface area contributed by atoms with Gasteiger partial charge < -0.3 is 0 Å². The predicted octanol–water partition coefficient (Wildman–Crippen LogP) is 2.23. The van der Waals surface area contributed by atoms with Gasteiger partial charge in [0.25, 0.3) is 0 Å². The van der Waals surface area contributed by atoms with Gasteiger partial charge in [-0.15, -0.1) is 0 Å². The van der Waals surface area contributed by atoms with Gasteiger partial charge in [0.05, 0.1) is 4.90 Å². The quantitative estimate of drug-likeness (QED) is 0.801. The van der Waals surface area contributed by atoms with Crippen LogP contribution in [0.3, 0.4) is 0 Å². The predicted molar refractivity (Wildman–Crippen MR) is 62.1 cm³/mol. The van der Waals surface area contributed by atoms with Crippen molar-refractivity contribution in [2.24, 2.45) is 0 Å². The number of hydrogen-bond acceptors (Lipinski definition) is 2. The molecule has 0 radical (unpaired) electrons. The summed E-state index contributed by atoms with van der Waals surface area (Å²) in [5.41, 5.74) is 0. The molecule has 1 aliphatic heterocycles. The molecule has 0 aliphatic carbocycles. The van der Waals surface area contributed by atoms with Crippen LogP contribution in [0.4, 0.5) is 0 Å². The van der Waals surface area contributed by atoms with Gasteiger partial charge in [-0.3, -0.25) is 0 Å². The average Bonchev–Trinajstić information content (AvgIpc) is 2.98. The van der Waals surface area contributed by atoms with Crippen LogP contribution in [0.15, 0.2) is 33.6 Å². The molecule has 1 aliphatic rings. The lowest BCUT2D eigenvalue weighted by Gasteiger charge is -2.05. The molecule has 0 spiro atoms. The van der Waals surface area contributed by atoms with Crippen molar-refractivity contribution in [3.05, 3.63) is 28.7 Å². The Morgan fingerprint density at radius 2 is 2.00 bits per heavy atom. The Balaban J connectivity index is 2.27. The maximum atomic E-state index is 12.0. The van der Waals surface area contributed by atoms with E-state index in [2.05, 4.69) is 15.9 Å². The molecule has 1 aromatic carbocycles. The lowest BCUT2D eigenvalue weighted by Crippen LogP contribution is -2.14. The average molecular weight is 290 g/mol. The van der Waals surface area contributed by atoms with Crippen LogP contribution in [0.2, 0.25) is 0 Å². The van der Waals surface area contributed by atoms with Crippen molar-refractivity contribution in [1.29, 1.82) is 0 Å². The summed E-state index contributed by atoms with van der Waals surface area (Å²) in [4.78, 5) is 0.377. The van der Waals surface area contributed by atoms with Gasteiger partial charge in [0.1, 0.15) is 0 Å². The van der Waals surface area contributed by atoms with Crippen LogP contribution in [-0.4, -0.2) is 25.3 Å². The Bertz CT molecular complexity index is 455. The highest BCUT2D eigenvalue weighted by Gasteiger charge is 2.42. The van der Waals surface area contributed by atoms with Crippen LogP contribution in [0.25, 0.3) is 0 Å². The number of sulfonamides is 1. The third-order valence-corrected chi connectivity index (χ3v) is 5.02. The highest BCUT2D eigenvalue weighted by Crippen LogP contribution is 2.30. The maximum absolute atomic E-state index is 12.0. The molecular formula is C10H12BrNO2S. The fourth-order valence-corrected chi connectivity index (χ4v) is 3.45. The summed E-state index contributed by atoms with van der Waals surface area (Å²) in [6.45, 7) is 2.66. The Labute approximate surface area is 98.3 Å². The third-order valence-electron chi connectivity index (χ3n) is 2.56. The fourth-order valence-electron chi connectivity index (χ4n) is 1.53. The molecule has 1 heterocycles. The van der Waals surface area contributed by atoms with Gasteiger partial charge >= 0.3 is 0 Å². The van der Waals surface area contributed by atoms with Gasteiger partial charge in [-0.05, 0) is 30.7 Å². The molecule has 1 aromatic rings. The molecule has 1 saturated heterocycles. The molecule has 2 rings (SSSR count). The van der Waals surface area contributed by atoms with Crippen LogP contribution in [0.1, 0.15) is 13.3 Å². The molecule has 3 nitrogen and oxygen atoms in total. The molecule has 0 saturated carbocycles. The molecule has 0 amide bonds. The summed E-state index contributed by atoms with van der Waals surface area (Å²) in [6, 6.07) is 6.96. The molecule has 0 N–H and O–H groups in total. The first-order chi connectivity index (χ1) is 7.05. The summed E-state index contributed by atoms with van der Waals surface area (Å²) >= 11 is 3.28. The van der Waals surface area contributed by atoms with E-state index in [1.54, 1.807) is 24.3 Å². The Morgan fingerprint density at radius 1 is 1.40 bits per heavy atom. The van der Waals surface area contributed by atoms with E-state index in [0.717, 1.165) is 10.9 Å². The lowest BCUT2D eigenvalue weighted by atomic mass is 10.4. The fraction of sp³-hybridized carbons (Fsp3) is 0.400. The normalized spacial score (nSPS) is 25.2. The minimum atomic E-state index is -3.23. The summed E-state index contributed by atoms with van der Waals surface area (Å²) in [6.07, 6.45) is 0.885. The molecule has 0 aromatic heterocycles. The van der Waals surface area contributed by atoms with Crippen molar-refractivity contribution in [3.63, 3.8) is 0 Å². The van der Waals surface area contributed by atoms with Crippen LogP contribution in [0, 0.1) is 0 Å². The molecule has 2 unspecified atom stereocenters. The zero-order chi connectivity index (χ0) is 11.1. The number of halogens is 1. The summed E-state index contributed by atoms with van der Waals surface area (Å²) in [7, 11) is -3.23. The third kappa shape index (κ3) is 2.09. The second-order valence-electron chi connectivity index (χ2n) is 3.59. The Kier molecular flexibility index (Phi) is 2.87. The van der Waals surface area contributed by atoms with E-state index in [0.29, 0.717) is 11.4 Å². The van der Waals surface area contributed by atoms with E-state index in [4.69, 9.17) is 0 Å². The molecular weight excluding hydrogens is 278 g/mol. The van der Waals surface area contributed by atoms with Gasteiger partial charge in [-0.25, -0.2) is 8.42 Å². The zero-order valence-electron chi connectivity index (χ0n) is 8.35. The van der Waals surface area contributed by atoms with E-state index in [9.17, 15) is 8.42 Å². The van der Waals surface area contributed by atoms with E-state index >= 15 is 0 Å². The summed E-state index contributed by atoms with van der Waals surface area (Å²) < 4.78 is 26.4. The largest absolute Gasteiger partial charge is 0.243 e. The Hall–Kier alpha value is -0.390. The molecule has 2 atom stereocenters. The van der Waals surface area contributed by atoms with Crippen molar-refractivity contribution in [1.82, 2.24) is 4.31 Å². The number of nitrogens with zero attached hydrogens (tertiary/aromatic N) is 1. The SMILES string of the molecule is CCC1CN1S(=O)(=O)c1ccc(Br)cc1. The van der Waals surface area contributed by atoms with Crippen LogP contribution < -0.4 is 0 Å². The monoisotopic (exact) mass is 289 g/mol. The first-order valence-electron chi connectivity index (χ1n) is 4.83. The van der Waals surface area contributed by atoms with Crippen molar-refractivity contribution >= 4 is 26.0 Å². The van der Waals surface area contributed by atoms with Crippen molar-refractivity contribution in [2.45, 2.75) is 24.3 Å². The second kappa shape index (κ2) is 3.88. The molecule has 15 heavy (non-hydrogen) atoms. The van der Waals surface area contributed by atoms with Crippen LogP contribution in [0.5, 0.6) is 0 Å².